The number of nitrogens with zero attached hydrogens (tertiary/aromatic N) is 5. The van der Waals surface area contributed by atoms with E-state index in [9.17, 15) is 4.79 Å². The number of anilines is 2. The molecule has 0 amide bonds. The molecular formula is C27H29N7O4. The molecule has 38 heavy (non-hydrogen) atoms. The van der Waals surface area contributed by atoms with E-state index in [1.807, 2.05) is 53.4 Å². The predicted octanol–water partition coefficient (Wildman–Crippen LogP) is 3.46. The van der Waals surface area contributed by atoms with Gasteiger partial charge in [0.05, 0.1) is 25.5 Å². The Kier molecular flexibility index (Phi) is 7.86. The number of piperazine rings is 1. The van der Waals surface area contributed by atoms with Gasteiger partial charge in [-0.1, -0.05) is 30.3 Å². The third kappa shape index (κ3) is 5.63. The van der Waals surface area contributed by atoms with Gasteiger partial charge in [0.25, 0.3) is 0 Å². The van der Waals surface area contributed by atoms with Crippen molar-refractivity contribution in [3.8, 4) is 28.5 Å². The molecule has 0 bridgehead atoms. The van der Waals surface area contributed by atoms with Crippen LogP contribution in [0.15, 0.2) is 65.5 Å². The number of hydrogen-bond donors (Lipinski definition) is 2. The fourth-order valence-corrected chi connectivity index (χ4v) is 4.32. The molecule has 4 aromatic rings. The highest BCUT2D eigenvalue weighted by atomic mass is 16.5. The van der Waals surface area contributed by atoms with Gasteiger partial charge >= 0.3 is 5.97 Å². The summed E-state index contributed by atoms with van der Waals surface area (Å²) in [5.74, 6) is 1.88. The van der Waals surface area contributed by atoms with Crippen molar-refractivity contribution in [2.75, 3.05) is 45.2 Å². The lowest BCUT2D eigenvalue weighted by molar-refractivity contribution is -0.150. The van der Waals surface area contributed by atoms with Crippen molar-refractivity contribution in [2.24, 2.45) is 0 Å². The summed E-state index contributed by atoms with van der Waals surface area (Å²) in [6, 6.07) is 14.4. The van der Waals surface area contributed by atoms with Crippen LogP contribution in [0.5, 0.6) is 5.75 Å². The molecule has 0 spiro atoms. The Labute approximate surface area is 220 Å². The molecule has 2 aromatic heterocycles. The first kappa shape index (κ1) is 25.3. The predicted molar refractivity (Wildman–Crippen MR) is 141 cm³/mol. The molecule has 1 fully saturated rings. The molecule has 11 nitrogen and oxygen atoms in total. The van der Waals surface area contributed by atoms with Crippen LogP contribution in [-0.4, -0.2) is 70.7 Å². The maximum atomic E-state index is 13.2. The number of carbonyl (C=O) groups excluding carboxylic acids is 1. The van der Waals surface area contributed by atoms with Gasteiger partial charge in [-0.15, -0.1) is 0 Å². The first-order valence-corrected chi connectivity index (χ1v) is 12.4. The Balaban J connectivity index is 1.55. The van der Waals surface area contributed by atoms with E-state index in [-0.39, 0.29) is 12.6 Å². The molecule has 0 radical (unpaired) electrons. The van der Waals surface area contributed by atoms with E-state index in [0.717, 1.165) is 24.2 Å². The van der Waals surface area contributed by atoms with Crippen LogP contribution in [0, 0.1) is 0 Å². The van der Waals surface area contributed by atoms with Gasteiger partial charge in [0.15, 0.2) is 29.8 Å². The first-order valence-electron chi connectivity index (χ1n) is 12.4. The molecule has 11 heteroatoms. The van der Waals surface area contributed by atoms with Crippen LogP contribution in [0.4, 0.5) is 11.6 Å². The van der Waals surface area contributed by atoms with Crippen LogP contribution in [-0.2, 0) is 9.53 Å². The second-order valence-electron chi connectivity index (χ2n) is 8.55. The SMILES string of the molecule is CCOC(=O)C(c1nc(Nc2ccc(-c3cnco3)c(OC)c2)nc(-c2ccccc2)n1)N1CCNCC1. The van der Waals surface area contributed by atoms with E-state index in [1.54, 1.807) is 20.2 Å². The van der Waals surface area contributed by atoms with Crippen molar-refractivity contribution in [3.05, 3.63) is 66.9 Å². The summed E-state index contributed by atoms with van der Waals surface area (Å²) in [5.41, 5.74) is 2.26. The number of oxazole rings is 1. The van der Waals surface area contributed by atoms with Crippen molar-refractivity contribution in [3.63, 3.8) is 0 Å². The molecule has 1 unspecified atom stereocenters. The van der Waals surface area contributed by atoms with Gasteiger partial charge in [-0.05, 0) is 19.1 Å². The zero-order chi connectivity index (χ0) is 26.3. The molecule has 1 atom stereocenters. The van der Waals surface area contributed by atoms with Crippen molar-refractivity contribution < 1.29 is 18.7 Å². The minimum atomic E-state index is -0.758. The summed E-state index contributed by atoms with van der Waals surface area (Å²) in [4.78, 5) is 33.3. The van der Waals surface area contributed by atoms with Gasteiger partial charge in [0.2, 0.25) is 5.95 Å². The number of rotatable bonds is 9. The second kappa shape index (κ2) is 11.8. The highest BCUT2D eigenvalue weighted by molar-refractivity contribution is 5.77. The van der Waals surface area contributed by atoms with E-state index in [2.05, 4.69) is 20.6 Å². The number of ether oxygens (including phenoxy) is 2. The van der Waals surface area contributed by atoms with Crippen LogP contribution in [0.1, 0.15) is 18.8 Å². The number of aromatic nitrogens is 4. The molecular weight excluding hydrogens is 486 g/mol. The summed E-state index contributed by atoms with van der Waals surface area (Å²) in [6.07, 6.45) is 3.00. The van der Waals surface area contributed by atoms with E-state index < -0.39 is 6.04 Å². The average Bonchev–Trinajstić information content (AvgIpc) is 3.49. The molecule has 3 heterocycles. The Morgan fingerprint density at radius 1 is 1.13 bits per heavy atom. The van der Waals surface area contributed by atoms with Gasteiger partial charge in [-0.25, -0.2) is 14.8 Å². The minimum Gasteiger partial charge on any atom is -0.496 e. The fraction of sp³-hybridized carbons (Fsp3) is 0.296. The Bertz CT molecular complexity index is 1360. The fourth-order valence-electron chi connectivity index (χ4n) is 4.32. The van der Waals surface area contributed by atoms with E-state index >= 15 is 0 Å². The van der Waals surface area contributed by atoms with Gasteiger partial charge < -0.3 is 24.5 Å². The van der Waals surface area contributed by atoms with E-state index in [0.29, 0.717) is 47.9 Å². The molecule has 0 aliphatic carbocycles. The molecule has 1 aliphatic rings. The normalized spacial score (nSPS) is 14.6. The lowest BCUT2D eigenvalue weighted by Gasteiger charge is -2.32. The lowest BCUT2D eigenvalue weighted by atomic mass is 10.1. The van der Waals surface area contributed by atoms with Crippen molar-refractivity contribution in [2.45, 2.75) is 13.0 Å². The summed E-state index contributed by atoms with van der Waals surface area (Å²) in [6.45, 7) is 4.90. The highest BCUT2D eigenvalue weighted by Crippen LogP contribution is 2.33. The van der Waals surface area contributed by atoms with Gasteiger partial charge in [0, 0.05) is 43.5 Å². The summed E-state index contributed by atoms with van der Waals surface area (Å²) < 4.78 is 16.5. The zero-order valence-corrected chi connectivity index (χ0v) is 21.3. The van der Waals surface area contributed by atoms with Crippen molar-refractivity contribution in [1.82, 2.24) is 30.2 Å². The monoisotopic (exact) mass is 515 g/mol. The Morgan fingerprint density at radius 3 is 2.66 bits per heavy atom. The summed E-state index contributed by atoms with van der Waals surface area (Å²) in [7, 11) is 1.59. The van der Waals surface area contributed by atoms with Crippen LogP contribution < -0.4 is 15.4 Å². The largest absolute Gasteiger partial charge is 0.496 e. The first-order chi connectivity index (χ1) is 18.7. The third-order valence-electron chi connectivity index (χ3n) is 6.11. The van der Waals surface area contributed by atoms with E-state index in [4.69, 9.17) is 23.9 Å². The zero-order valence-electron chi connectivity index (χ0n) is 21.3. The van der Waals surface area contributed by atoms with E-state index in [1.165, 1.54) is 6.39 Å². The quantitative estimate of drug-likeness (QED) is 0.318. The molecule has 2 N–H and O–H groups in total. The number of carbonyl (C=O) groups is 1. The van der Waals surface area contributed by atoms with Gasteiger partial charge in [0.1, 0.15) is 5.75 Å². The Morgan fingerprint density at radius 2 is 1.95 bits per heavy atom. The van der Waals surface area contributed by atoms with Crippen molar-refractivity contribution in [1.29, 1.82) is 0 Å². The van der Waals surface area contributed by atoms with Crippen LogP contribution >= 0.6 is 0 Å². The molecule has 1 saturated heterocycles. The molecule has 1 aliphatic heterocycles. The highest BCUT2D eigenvalue weighted by Gasteiger charge is 2.33. The maximum absolute atomic E-state index is 13.2. The third-order valence-corrected chi connectivity index (χ3v) is 6.11. The van der Waals surface area contributed by atoms with Crippen LogP contribution in [0.2, 0.25) is 0 Å². The number of benzene rings is 2. The number of esters is 1. The molecule has 5 rings (SSSR count). The maximum Gasteiger partial charge on any atom is 0.331 e. The van der Waals surface area contributed by atoms with Gasteiger partial charge in [-0.2, -0.15) is 9.97 Å². The van der Waals surface area contributed by atoms with Crippen LogP contribution in [0.25, 0.3) is 22.7 Å². The summed E-state index contributed by atoms with van der Waals surface area (Å²) in [5, 5.41) is 6.58. The molecule has 2 aromatic carbocycles. The second-order valence-corrected chi connectivity index (χ2v) is 8.55. The standard InChI is InChI=1S/C27H29N7O4/c1-3-37-26(35)23(34-13-11-28-12-14-34)25-31-24(18-7-5-4-6-8-18)32-27(33-25)30-19-9-10-20(21(15-19)36-2)22-16-29-17-38-22/h4-10,15-17,23,28H,3,11-14H2,1-2H3,(H,30,31,32,33). The lowest BCUT2D eigenvalue weighted by Crippen LogP contribution is -2.48. The smallest absolute Gasteiger partial charge is 0.331 e. The Hall–Kier alpha value is -4.35. The molecule has 0 saturated carbocycles. The van der Waals surface area contributed by atoms with Crippen molar-refractivity contribution >= 4 is 17.6 Å². The number of methoxy groups -OCH3 is 1. The number of nitrogens with one attached hydrogen (secondary N) is 2. The average molecular weight is 516 g/mol. The van der Waals surface area contributed by atoms with Crippen LogP contribution in [0.3, 0.4) is 0 Å². The number of hydrogen-bond acceptors (Lipinski definition) is 11. The topological polar surface area (TPSA) is 128 Å². The molecule has 196 valence electrons. The van der Waals surface area contributed by atoms with Gasteiger partial charge in [-0.3, -0.25) is 4.90 Å². The summed E-state index contributed by atoms with van der Waals surface area (Å²) >= 11 is 0. The minimum absolute atomic E-state index is 0.264.